The molecule has 0 bridgehead atoms. The van der Waals surface area contributed by atoms with Gasteiger partial charge in [-0.3, -0.25) is 4.98 Å². The normalized spacial score (nSPS) is 25.8. The molecule has 1 aliphatic heterocycles. The molecule has 1 saturated heterocycles. The van der Waals surface area contributed by atoms with Crippen molar-refractivity contribution in [2.75, 3.05) is 19.8 Å². The van der Waals surface area contributed by atoms with Crippen LogP contribution in [0.3, 0.4) is 0 Å². The number of rotatable bonds is 3. The van der Waals surface area contributed by atoms with Crippen molar-refractivity contribution < 1.29 is 9.84 Å². The summed E-state index contributed by atoms with van der Waals surface area (Å²) in [6.07, 6.45) is 0.880. The minimum Gasteiger partial charge on any atom is -0.493 e. The number of aromatic hydroxyl groups is 1. The molecule has 90 valence electrons. The summed E-state index contributed by atoms with van der Waals surface area (Å²) in [6, 6.07) is 0.232. The lowest BCUT2D eigenvalue weighted by molar-refractivity contribution is 0.0584. The molecule has 16 heavy (non-hydrogen) atoms. The van der Waals surface area contributed by atoms with Gasteiger partial charge in [0.1, 0.15) is 0 Å². The van der Waals surface area contributed by atoms with Crippen LogP contribution in [0.15, 0.2) is 4.79 Å². The van der Waals surface area contributed by atoms with E-state index in [1.807, 2.05) is 6.92 Å². The van der Waals surface area contributed by atoms with E-state index < -0.39 is 0 Å². The van der Waals surface area contributed by atoms with Crippen molar-refractivity contribution in [2.24, 2.45) is 0 Å². The van der Waals surface area contributed by atoms with Crippen LogP contribution in [0, 0.1) is 0 Å². The molecule has 0 aliphatic carbocycles. The van der Waals surface area contributed by atoms with Crippen molar-refractivity contribution in [3.63, 3.8) is 0 Å². The van der Waals surface area contributed by atoms with Crippen molar-refractivity contribution in [3.8, 4) is 5.88 Å². The summed E-state index contributed by atoms with van der Waals surface area (Å²) in [5, 5.41) is 12.9. The van der Waals surface area contributed by atoms with Gasteiger partial charge in [0.15, 0.2) is 0 Å². The van der Waals surface area contributed by atoms with E-state index in [1.165, 1.54) is 0 Å². The highest BCUT2D eigenvalue weighted by atomic mass is 16.5. The van der Waals surface area contributed by atoms with E-state index in [4.69, 9.17) is 4.74 Å². The first kappa shape index (κ1) is 11.2. The summed E-state index contributed by atoms with van der Waals surface area (Å²) in [6.45, 7) is 4.12. The number of hydrogen-bond acceptors (Lipinski definition) is 4. The minimum absolute atomic E-state index is 0.00681. The maximum Gasteiger partial charge on any atom is 0.325 e. The summed E-state index contributed by atoms with van der Waals surface area (Å²) in [5.74, 6) is -0.0870. The third-order valence-electron chi connectivity index (χ3n) is 2.93. The number of ether oxygens (including phenoxy) is 1. The SMILES string of the molecule is CCNC1CCOCC1c1[nH]c(=O)[nH]c1O. The lowest BCUT2D eigenvalue weighted by atomic mass is 9.92. The zero-order chi connectivity index (χ0) is 11.5. The molecule has 2 atom stereocenters. The molecule has 2 heterocycles. The Bertz CT molecular complexity index is 396. The van der Waals surface area contributed by atoms with E-state index in [2.05, 4.69) is 15.3 Å². The van der Waals surface area contributed by atoms with Crippen molar-refractivity contribution in [1.82, 2.24) is 15.3 Å². The Morgan fingerprint density at radius 1 is 1.56 bits per heavy atom. The molecule has 1 aromatic heterocycles. The number of H-pyrrole nitrogens is 2. The second kappa shape index (κ2) is 4.71. The Morgan fingerprint density at radius 3 is 3.00 bits per heavy atom. The summed E-state index contributed by atoms with van der Waals surface area (Å²) in [5.41, 5.74) is 0.156. The fraction of sp³-hybridized carbons (Fsp3) is 0.700. The quantitative estimate of drug-likeness (QED) is 0.580. The third kappa shape index (κ3) is 2.12. The highest BCUT2D eigenvalue weighted by Gasteiger charge is 2.30. The Hall–Kier alpha value is -1.27. The predicted octanol–water partition coefficient (Wildman–Crippen LogP) is -0.109. The molecule has 6 nitrogen and oxygen atoms in total. The Labute approximate surface area is 93.0 Å². The van der Waals surface area contributed by atoms with Crippen LogP contribution in [0.4, 0.5) is 0 Å². The van der Waals surface area contributed by atoms with Gasteiger partial charge in [0, 0.05) is 18.6 Å². The van der Waals surface area contributed by atoms with Crippen LogP contribution in [0.5, 0.6) is 5.88 Å². The fourth-order valence-electron chi connectivity index (χ4n) is 2.18. The van der Waals surface area contributed by atoms with Gasteiger partial charge in [-0.15, -0.1) is 0 Å². The van der Waals surface area contributed by atoms with Crippen LogP contribution < -0.4 is 11.0 Å². The number of aromatic nitrogens is 2. The Balaban J connectivity index is 2.22. The van der Waals surface area contributed by atoms with Crippen molar-refractivity contribution in [1.29, 1.82) is 0 Å². The van der Waals surface area contributed by atoms with E-state index >= 15 is 0 Å². The predicted molar refractivity (Wildman–Crippen MR) is 58.7 cm³/mol. The first-order valence-electron chi connectivity index (χ1n) is 5.54. The minimum atomic E-state index is -0.381. The van der Waals surface area contributed by atoms with Crippen LogP contribution in [-0.4, -0.2) is 40.9 Å². The lowest BCUT2D eigenvalue weighted by Crippen LogP contribution is -2.41. The van der Waals surface area contributed by atoms with E-state index in [-0.39, 0.29) is 23.5 Å². The molecular formula is C10H17N3O3. The summed E-state index contributed by atoms with van der Waals surface area (Å²) in [7, 11) is 0. The van der Waals surface area contributed by atoms with E-state index in [0.29, 0.717) is 18.9 Å². The van der Waals surface area contributed by atoms with Crippen molar-refractivity contribution in [3.05, 3.63) is 16.2 Å². The van der Waals surface area contributed by atoms with Crippen molar-refractivity contribution >= 4 is 0 Å². The van der Waals surface area contributed by atoms with Gasteiger partial charge in [0.05, 0.1) is 12.3 Å². The van der Waals surface area contributed by atoms with Gasteiger partial charge in [0.25, 0.3) is 0 Å². The highest BCUT2D eigenvalue weighted by molar-refractivity contribution is 5.23. The average Bonchev–Trinajstić information content (AvgIpc) is 2.59. The van der Waals surface area contributed by atoms with E-state index in [9.17, 15) is 9.90 Å². The molecule has 0 aromatic carbocycles. The molecule has 0 spiro atoms. The van der Waals surface area contributed by atoms with Crippen LogP contribution in [-0.2, 0) is 4.74 Å². The first-order valence-corrected chi connectivity index (χ1v) is 5.54. The lowest BCUT2D eigenvalue weighted by Gasteiger charge is -2.31. The second-order valence-corrected chi connectivity index (χ2v) is 3.98. The van der Waals surface area contributed by atoms with Crippen LogP contribution in [0.2, 0.25) is 0 Å². The molecule has 1 aliphatic rings. The monoisotopic (exact) mass is 227 g/mol. The standard InChI is InChI=1S/C10H17N3O3/c1-2-11-7-3-4-16-5-6(7)8-9(14)13-10(15)12-8/h6-7,11,14H,2-5H2,1H3,(H2,12,13,15). The Morgan fingerprint density at radius 2 is 2.38 bits per heavy atom. The highest BCUT2D eigenvalue weighted by Crippen LogP contribution is 2.28. The van der Waals surface area contributed by atoms with Gasteiger partial charge in [-0.1, -0.05) is 6.92 Å². The molecule has 0 amide bonds. The van der Waals surface area contributed by atoms with Gasteiger partial charge in [-0.2, -0.15) is 0 Å². The molecule has 1 aromatic rings. The summed E-state index contributed by atoms with van der Waals surface area (Å²) >= 11 is 0. The number of aromatic amines is 2. The zero-order valence-electron chi connectivity index (χ0n) is 9.25. The maximum absolute atomic E-state index is 11.1. The van der Waals surface area contributed by atoms with Crippen LogP contribution >= 0.6 is 0 Å². The van der Waals surface area contributed by atoms with Crippen LogP contribution in [0.1, 0.15) is 25.0 Å². The molecule has 2 unspecified atom stereocenters. The molecule has 2 rings (SSSR count). The van der Waals surface area contributed by atoms with Gasteiger partial charge in [-0.25, -0.2) is 4.79 Å². The maximum atomic E-state index is 11.1. The van der Waals surface area contributed by atoms with Gasteiger partial charge >= 0.3 is 5.69 Å². The summed E-state index contributed by atoms with van der Waals surface area (Å²) < 4.78 is 5.39. The smallest absolute Gasteiger partial charge is 0.325 e. The summed E-state index contributed by atoms with van der Waals surface area (Å²) in [4.78, 5) is 16.0. The largest absolute Gasteiger partial charge is 0.493 e. The van der Waals surface area contributed by atoms with Crippen LogP contribution in [0.25, 0.3) is 0 Å². The Kier molecular flexibility index (Phi) is 3.31. The topological polar surface area (TPSA) is 90.1 Å². The van der Waals surface area contributed by atoms with Crippen molar-refractivity contribution in [2.45, 2.75) is 25.3 Å². The first-order chi connectivity index (χ1) is 7.72. The molecular weight excluding hydrogens is 210 g/mol. The number of nitrogens with one attached hydrogen (secondary N) is 3. The zero-order valence-corrected chi connectivity index (χ0v) is 9.25. The molecule has 1 fully saturated rings. The molecule has 6 heteroatoms. The second-order valence-electron chi connectivity index (χ2n) is 3.98. The van der Waals surface area contributed by atoms with Gasteiger partial charge in [-0.05, 0) is 13.0 Å². The van der Waals surface area contributed by atoms with Gasteiger partial charge < -0.3 is 20.1 Å². The molecule has 4 N–H and O–H groups in total. The number of likely N-dealkylation sites (N-methyl/N-ethyl adjacent to an activating group) is 1. The fourth-order valence-corrected chi connectivity index (χ4v) is 2.18. The number of hydrogen-bond donors (Lipinski definition) is 4. The third-order valence-corrected chi connectivity index (χ3v) is 2.93. The number of imidazole rings is 1. The van der Waals surface area contributed by atoms with E-state index in [1.54, 1.807) is 0 Å². The molecule has 0 radical (unpaired) electrons. The van der Waals surface area contributed by atoms with Gasteiger partial charge in [0.2, 0.25) is 5.88 Å². The average molecular weight is 227 g/mol. The van der Waals surface area contributed by atoms with E-state index in [0.717, 1.165) is 13.0 Å². The molecule has 0 saturated carbocycles.